The number of hydrogen-bond donors (Lipinski definition) is 1. The average Bonchev–Trinajstić information content (AvgIpc) is 2.74. The Kier molecular flexibility index (Phi) is 3.64. The second-order valence-corrected chi connectivity index (χ2v) is 6.28. The molecule has 0 spiro atoms. The van der Waals surface area contributed by atoms with Crippen LogP contribution in [0.25, 0.3) is 0 Å². The van der Waals surface area contributed by atoms with Crippen molar-refractivity contribution in [3.8, 4) is 6.07 Å². The highest BCUT2D eigenvalue weighted by Crippen LogP contribution is 2.26. The van der Waals surface area contributed by atoms with E-state index < -0.39 is 10.0 Å². The average molecular weight is 265 g/mol. The van der Waals surface area contributed by atoms with E-state index in [9.17, 15) is 8.42 Å². The summed E-state index contributed by atoms with van der Waals surface area (Å²) in [4.78, 5) is 3.74. The fourth-order valence-corrected chi connectivity index (χ4v) is 3.76. The van der Waals surface area contributed by atoms with E-state index in [1.54, 1.807) is 0 Å². The summed E-state index contributed by atoms with van der Waals surface area (Å²) in [6.45, 7) is 2.04. The molecular formula is C12H15N3O2S. The van der Waals surface area contributed by atoms with Crippen molar-refractivity contribution < 1.29 is 8.42 Å². The lowest BCUT2D eigenvalue weighted by molar-refractivity contribution is 0.476. The van der Waals surface area contributed by atoms with Crippen molar-refractivity contribution in [3.05, 3.63) is 24.0 Å². The summed E-state index contributed by atoms with van der Waals surface area (Å²) in [5.41, 5.74) is -0.0596. The fourth-order valence-electron chi connectivity index (χ4n) is 2.27. The molecule has 1 aliphatic rings. The molecule has 0 radical (unpaired) electrons. The van der Waals surface area contributed by atoms with Gasteiger partial charge in [0.25, 0.3) is 0 Å². The molecule has 5 nitrogen and oxygen atoms in total. The molecule has 1 heterocycles. The molecule has 0 aromatic carbocycles. The molecule has 1 N–H and O–H groups in total. The molecule has 0 amide bonds. The Bertz CT molecular complexity index is 577. The van der Waals surface area contributed by atoms with Crippen molar-refractivity contribution in [2.75, 3.05) is 0 Å². The van der Waals surface area contributed by atoms with Crippen LogP contribution >= 0.6 is 0 Å². The Labute approximate surface area is 107 Å². The lowest BCUT2D eigenvalue weighted by Crippen LogP contribution is -2.36. The number of nitrogens with one attached hydrogen (secondary N) is 1. The van der Waals surface area contributed by atoms with Gasteiger partial charge in [-0.05, 0) is 30.9 Å². The van der Waals surface area contributed by atoms with E-state index in [1.807, 2.05) is 13.0 Å². The molecule has 1 aromatic rings. The number of nitriles is 1. The number of sulfonamides is 1. The van der Waals surface area contributed by atoms with E-state index in [4.69, 9.17) is 5.26 Å². The summed E-state index contributed by atoms with van der Waals surface area (Å²) in [5, 5.41) is 8.89. The highest BCUT2D eigenvalue weighted by atomic mass is 32.2. The fraction of sp³-hybridized carbons (Fsp3) is 0.500. The Hall–Kier alpha value is -1.45. The Balaban J connectivity index is 2.29. The van der Waals surface area contributed by atoms with Gasteiger partial charge in [-0.2, -0.15) is 5.26 Å². The summed E-state index contributed by atoms with van der Waals surface area (Å²) in [6.07, 6.45) is 4.33. The van der Waals surface area contributed by atoms with Gasteiger partial charge in [0, 0.05) is 12.2 Å². The molecule has 0 saturated heterocycles. The van der Waals surface area contributed by atoms with Gasteiger partial charge in [0.05, 0.1) is 0 Å². The van der Waals surface area contributed by atoms with Crippen LogP contribution in [0.3, 0.4) is 0 Å². The zero-order chi connectivity index (χ0) is 13.2. The van der Waals surface area contributed by atoms with Crippen LogP contribution in [0.15, 0.2) is 23.2 Å². The normalized spacial score (nSPS) is 23.8. The Morgan fingerprint density at radius 2 is 2.28 bits per heavy atom. The second kappa shape index (κ2) is 5.04. The minimum absolute atomic E-state index is 0.0356. The molecule has 0 bridgehead atoms. The second-order valence-electron chi connectivity index (χ2n) is 4.60. The van der Waals surface area contributed by atoms with E-state index in [2.05, 4.69) is 9.71 Å². The highest BCUT2D eigenvalue weighted by Gasteiger charge is 2.29. The van der Waals surface area contributed by atoms with Gasteiger partial charge in [0.15, 0.2) is 5.69 Å². The van der Waals surface area contributed by atoms with Crippen LogP contribution in [0.1, 0.15) is 31.9 Å². The maximum absolute atomic E-state index is 12.2. The van der Waals surface area contributed by atoms with E-state index in [-0.39, 0.29) is 16.6 Å². The number of pyridine rings is 1. The van der Waals surface area contributed by atoms with Gasteiger partial charge in [-0.25, -0.2) is 18.1 Å². The van der Waals surface area contributed by atoms with Gasteiger partial charge in [0.2, 0.25) is 10.0 Å². The van der Waals surface area contributed by atoms with E-state index in [0.29, 0.717) is 5.92 Å². The topological polar surface area (TPSA) is 82.8 Å². The molecule has 2 atom stereocenters. The molecule has 6 heteroatoms. The Morgan fingerprint density at radius 3 is 2.89 bits per heavy atom. The SMILES string of the molecule is CC1CCCC1NS(=O)(=O)c1cccnc1C#N. The van der Waals surface area contributed by atoms with Gasteiger partial charge in [0.1, 0.15) is 11.0 Å². The monoisotopic (exact) mass is 265 g/mol. The van der Waals surface area contributed by atoms with E-state index in [0.717, 1.165) is 19.3 Å². The molecule has 1 saturated carbocycles. The third-order valence-corrected chi connectivity index (χ3v) is 4.86. The third-order valence-electron chi connectivity index (χ3n) is 3.33. The van der Waals surface area contributed by atoms with Gasteiger partial charge in [-0.1, -0.05) is 13.3 Å². The molecule has 96 valence electrons. The highest BCUT2D eigenvalue weighted by molar-refractivity contribution is 7.89. The van der Waals surface area contributed by atoms with Crippen LogP contribution in [-0.2, 0) is 10.0 Å². The lowest BCUT2D eigenvalue weighted by Gasteiger charge is -2.17. The molecule has 2 unspecified atom stereocenters. The first kappa shape index (κ1) is 13.0. The molecule has 18 heavy (non-hydrogen) atoms. The molecule has 1 aromatic heterocycles. The summed E-state index contributed by atoms with van der Waals surface area (Å²) < 4.78 is 27.1. The number of aromatic nitrogens is 1. The first-order valence-corrected chi connectivity index (χ1v) is 7.40. The minimum atomic E-state index is -3.65. The van der Waals surface area contributed by atoms with Crippen LogP contribution in [0.5, 0.6) is 0 Å². The van der Waals surface area contributed by atoms with E-state index >= 15 is 0 Å². The first-order chi connectivity index (χ1) is 8.54. The zero-order valence-electron chi connectivity index (χ0n) is 10.1. The third kappa shape index (κ3) is 2.52. The first-order valence-electron chi connectivity index (χ1n) is 5.92. The van der Waals surface area contributed by atoms with Crippen molar-refractivity contribution in [3.63, 3.8) is 0 Å². The van der Waals surface area contributed by atoms with Crippen LogP contribution in [0, 0.1) is 17.2 Å². The molecule has 1 fully saturated rings. The maximum Gasteiger partial charge on any atom is 0.243 e. The van der Waals surface area contributed by atoms with Crippen molar-refractivity contribution in [2.24, 2.45) is 5.92 Å². The van der Waals surface area contributed by atoms with Crippen LogP contribution in [0.2, 0.25) is 0 Å². The van der Waals surface area contributed by atoms with Crippen LogP contribution in [-0.4, -0.2) is 19.4 Å². The number of nitrogens with zero attached hydrogens (tertiary/aromatic N) is 2. The van der Waals surface area contributed by atoms with Crippen molar-refractivity contribution >= 4 is 10.0 Å². The predicted octanol–water partition coefficient (Wildman–Crippen LogP) is 1.42. The van der Waals surface area contributed by atoms with Crippen LogP contribution < -0.4 is 4.72 Å². The maximum atomic E-state index is 12.2. The molecular weight excluding hydrogens is 250 g/mol. The number of hydrogen-bond acceptors (Lipinski definition) is 4. The summed E-state index contributed by atoms with van der Waals surface area (Å²) in [7, 11) is -3.65. The van der Waals surface area contributed by atoms with Gasteiger partial charge >= 0.3 is 0 Å². The van der Waals surface area contributed by atoms with Crippen molar-refractivity contribution in [1.29, 1.82) is 5.26 Å². The Morgan fingerprint density at radius 1 is 1.50 bits per heavy atom. The molecule has 1 aliphatic carbocycles. The lowest BCUT2D eigenvalue weighted by atomic mass is 10.1. The van der Waals surface area contributed by atoms with Crippen LogP contribution in [0.4, 0.5) is 0 Å². The van der Waals surface area contributed by atoms with Crippen molar-refractivity contribution in [2.45, 2.75) is 37.1 Å². The molecule has 0 aliphatic heterocycles. The summed E-state index contributed by atoms with van der Waals surface area (Å²) in [6, 6.07) is 4.70. The smallest absolute Gasteiger partial charge is 0.243 e. The van der Waals surface area contributed by atoms with Gasteiger partial charge in [-0.15, -0.1) is 0 Å². The standard InChI is InChI=1S/C12H15N3O2S/c1-9-4-2-5-10(9)15-18(16,17)12-6-3-7-14-11(12)8-13/h3,6-7,9-10,15H,2,4-5H2,1H3. The largest absolute Gasteiger partial charge is 0.244 e. The zero-order valence-corrected chi connectivity index (χ0v) is 10.9. The number of rotatable bonds is 3. The summed E-state index contributed by atoms with van der Waals surface area (Å²) >= 11 is 0. The van der Waals surface area contributed by atoms with Crippen molar-refractivity contribution in [1.82, 2.24) is 9.71 Å². The van der Waals surface area contributed by atoms with Gasteiger partial charge in [-0.3, -0.25) is 0 Å². The van der Waals surface area contributed by atoms with E-state index in [1.165, 1.54) is 18.3 Å². The summed E-state index contributed by atoms with van der Waals surface area (Å²) in [5.74, 6) is 0.335. The minimum Gasteiger partial charge on any atom is -0.244 e. The molecule has 2 rings (SSSR count). The van der Waals surface area contributed by atoms with Gasteiger partial charge < -0.3 is 0 Å². The predicted molar refractivity (Wildman–Crippen MR) is 66.1 cm³/mol. The quantitative estimate of drug-likeness (QED) is 0.896.